The summed E-state index contributed by atoms with van der Waals surface area (Å²) in [5.41, 5.74) is 1.96. The van der Waals surface area contributed by atoms with E-state index in [0.29, 0.717) is 6.42 Å². The summed E-state index contributed by atoms with van der Waals surface area (Å²) in [6, 6.07) is 6.10. The van der Waals surface area contributed by atoms with Crippen molar-refractivity contribution in [1.82, 2.24) is 19.6 Å². The molecule has 0 bridgehead atoms. The second-order valence-electron chi connectivity index (χ2n) is 7.68. The number of carbonyl (C=O) groups excluding carboxylic acids is 1. The number of ketones is 1. The van der Waals surface area contributed by atoms with Crippen molar-refractivity contribution < 1.29 is 4.79 Å². The van der Waals surface area contributed by atoms with Crippen LogP contribution in [0, 0.1) is 0 Å². The van der Waals surface area contributed by atoms with E-state index in [4.69, 9.17) is 4.98 Å². The van der Waals surface area contributed by atoms with Gasteiger partial charge in [-0.05, 0) is 50.7 Å². The summed E-state index contributed by atoms with van der Waals surface area (Å²) >= 11 is 1.67. The van der Waals surface area contributed by atoms with E-state index in [1.807, 2.05) is 12.1 Å². The first-order chi connectivity index (χ1) is 14.2. The zero-order valence-electron chi connectivity index (χ0n) is 17.5. The van der Waals surface area contributed by atoms with Crippen molar-refractivity contribution in [2.24, 2.45) is 0 Å². The van der Waals surface area contributed by atoms with Gasteiger partial charge in [0.1, 0.15) is 5.82 Å². The van der Waals surface area contributed by atoms with Gasteiger partial charge in [0.25, 0.3) is 0 Å². The molecule has 1 saturated heterocycles. The molecule has 0 unspecified atom stereocenters. The monoisotopic (exact) mass is 413 g/mol. The number of imidazole rings is 1. The fraction of sp³-hybridized carbons (Fsp3) is 0.545. The molecule has 3 aromatic rings. The number of benzene rings is 1. The summed E-state index contributed by atoms with van der Waals surface area (Å²) in [6.45, 7) is 11.6. The Kier molecular flexibility index (Phi) is 6.47. The van der Waals surface area contributed by atoms with Crippen LogP contribution in [-0.4, -0.2) is 65.9 Å². The van der Waals surface area contributed by atoms with Gasteiger partial charge in [0, 0.05) is 38.2 Å². The number of Topliss-reactive ketones (excluding diaryl/α,β-unsaturated/α-hetero) is 1. The molecule has 1 N–H and O–H groups in total. The predicted octanol–water partition coefficient (Wildman–Crippen LogP) is 3.65. The zero-order chi connectivity index (χ0) is 20.2. The smallest absolute Gasteiger partial charge is 0.196 e. The van der Waals surface area contributed by atoms with Gasteiger partial charge < -0.3 is 15.1 Å². The molecule has 0 radical (unpaired) electrons. The molecular formula is C22H31N5OS. The maximum atomic E-state index is 12.6. The minimum Gasteiger partial charge on any atom is -0.353 e. The molecule has 0 aliphatic carbocycles. The van der Waals surface area contributed by atoms with Crippen molar-refractivity contribution in [3.8, 4) is 0 Å². The van der Waals surface area contributed by atoms with Gasteiger partial charge in [0.15, 0.2) is 10.7 Å². The van der Waals surface area contributed by atoms with Crippen LogP contribution in [0.4, 0.5) is 5.82 Å². The van der Waals surface area contributed by atoms with E-state index in [2.05, 4.69) is 45.6 Å². The number of hydrogen-bond acceptors (Lipinski definition) is 6. The van der Waals surface area contributed by atoms with Gasteiger partial charge >= 0.3 is 0 Å². The molecule has 4 rings (SSSR count). The fourth-order valence-electron chi connectivity index (χ4n) is 4.01. The van der Waals surface area contributed by atoms with Crippen molar-refractivity contribution in [2.75, 3.05) is 50.7 Å². The highest BCUT2D eigenvalue weighted by molar-refractivity contribution is 7.23. The Labute approximate surface area is 176 Å². The summed E-state index contributed by atoms with van der Waals surface area (Å²) in [6.07, 6.45) is 4.79. The minimum absolute atomic E-state index is 0.249. The van der Waals surface area contributed by atoms with Crippen LogP contribution in [0.2, 0.25) is 0 Å². The summed E-state index contributed by atoms with van der Waals surface area (Å²) < 4.78 is 3.30. The minimum atomic E-state index is 0.249. The summed E-state index contributed by atoms with van der Waals surface area (Å²) in [4.78, 5) is 23.2. The highest BCUT2D eigenvalue weighted by Crippen LogP contribution is 2.30. The lowest BCUT2D eigenvalue weighted by Gasteiger charge is -2.27. The molecule has 1 fully saturated rings. The highest BCUT2D eigenvalue weighted by atomic mass is 32.1. The van der Waals surface area contributed by atoms with Crippen LogP contribution >= 0.6 is 11.3 Å². The van der Waals surface area contributed by atoms with Crippen molar-refractivity contribution in [2.45, 2.75) is 33.1 Å². The van der Waals surface area contributed by atoms with E-state index in [1.165, 1.54) is 0 Å². The first-order valence-electron chi connectivity index (χ1n) is 10.8. The molecule has 0 atom stereocenters. The summed E-state index contributed by atoms with van der Waals surface area (Å²) in [7, 11) is 0. The van der Waals surface area contributed by atoms with Crippen molar-refractivity contribution in [1.29, 1.82) is 0 Å². The quantitative estimate of drug-likeness (QED) is 0.429. The third-order valence-electron chi connectivity index (χ3n) is 5.87. The number of unbranched alkanes of at least 4 members (excludes halogenated alkanes) is 1. The number of aromatic nitrogens is 2. The maximum absolute atomic E-state index is 12.6. The molecule has 1 aromatic carbocycles. The molecular weight excluding hydrogens is 382 g/mol. The average Bonchev–Trinajstić information content (AvgIpc) is 3.32. The van der Waals surface area contributed by atoms with E-state index >= 15 is 0 Å². The Morgan fingerprint density at radius 3 is 2.76 bits per heavy atom. The van der Waals surface area contributed by atoms with Gasteiger partial charge in [0.05, 0.1) is 16.4 Å². The van der Waals surface area contributed by atoms with Gasteiger partial charge in [0.2, 0.25) is 0 Å². The topological polar surface area (TPSA) is 52.9 Å². The normalized spacial score (nSPS) is 15.1. The molecule has 156 valence electrons. The predicted molar refractivity (Wildman–Crippen MR) is 122 cm³/mol. The van der Waals surface area contributed by atoms with Crippen LogP contribution < -0.4 is 10.2 Å². The molecule has 29 heavy (non-hydrogen) atoms. The van der Waals surface area contributed by atoms with E-state index in [-0.39, 0.29) is 5.78 Å². The number of fused-ring (bicyclic) bond motifs is 3. The number of piperazine rings is 1. The fourth-order valence-corrected chi connectivity index (χ4v) is 5.06. The molecule has 3 heterocycles. The van der Waals surface area contributed by atoms with Gasteiger partial charge in [-0.3, -0.25) is 9.20 Å². The Morgan fingerprint density at radius 2 is 2.00 bits per heavy atom. The Hall–Kier alpha value is -1.96. The van der Waals surface area contributed by atoms with E-state index in [0.717, 1.165) is 85.2 Å². The SMILES string of the molecule is CCN(CC)CCCCC(=O)c1ccc2c(c1)sc1nc(N3CCNCC3)cn12. The lowest BCUT2D eigenvalue weighted by Crippen LogP contribution is -2.43. The van der Waals surface area contributed by atoms with E-state index in [1.54, 1.807) is 11.3 Å². The standard InChI is InChI=1S/C22H31N5OS/c1-3-25(4-2)12-6-5-7-19(28)17-8-9-18-20(15-17)29-22-24-21(16-27(18)22)26-13-10-23-11-14-26/h8-9,15-16,23H,3-7,10-14H2,1-2H3. The number of anilines is 1. The molecule has 1 aliphatic heterocycles. The molecule has 1 aliphatic rings. The third kappa shape index (κ3) is 4.47. The number of thiazole rings is 1. The second kappa shape index (κ2) is 9.24. The first-order valence-corrected chi connectivity index (χ1v) is 11.6. The third-order valence-corrected chi connectivity index (χ3v) is 6.88. The van der Waals surface area contributed by atoms with Crippen LogP contribution in [0.25, 0.3) is 15.2 Å². The highest BCUT2D eigenvalue weighted by Gasteiger charge is 2.17. The first kappa shape index (κ1) is 20.3. The van der Waals surface area contributed by atoms with Gasteiger partial charge in [-0.25, -0.2) is 4.98 Å². The summed E-state index contributed by atoms with van der Waals surface area (Å²) in [5, 5.41) is 3.38. The van der Waals surface area contributed by atoms with Crippen LogP contribution in [0.5, 0.6) is 0 Å². The van der Waals surface area contributed by atoms with Gasteiger partial charge in [-0.1, -0.05) is 25.2 Å². The molecule has 2 aromatic heterocycles. The van der Waals surface area contributed by atoms with E-state index < -0.39 is 0 Å². The van der Waals surface area contributed by atoms with Crippen molar-refractivity contribution in [3.05, 3.63) is 30.0 Å². The largest absolute Gasteiger partial charge is 0.353 e. The van der Waals surface area contributed by atoms with Gasteiger partial charge in [-0.2, -0.15) is 0 Å². The lowest BCUT2D eigenvalue weighted by atomic mass is 10.1. The van der Waals surface area contributed by atoms with E-state index in [9.17, 15) is 4.79 Å². The summed E-state index contributed by atoms with van der Waals surface area (Å²) in [5.74, 6) is 1.30. The van der Waals surface area contributed by atoms with Crippen LogP contribution in [0.3, 0.4) is 0 Å². The molecule has 0 saturated carbocycles. The van der Waals surface area contributed by atoms with Gasteiger partial charge in [-0.15, -0.1) is 0 Å². The molecule has 0 spiro atoms. The number of nitrogens with one attached hydrogen (secondary N) is 1. The molecule has 7 heteroatoms. The lowest BCUT2D eigenvalue weighted by molar-refractivity contribution is 0.0978. The zero-order valence-corrected chi connectivity index (χ0v) is 18.3. The Bertz CT molecular complexity index is 968. The average molecular weight is 414 g/mol. The van der Waals surface area contributed by atoms with Crippen LogP contribution in [0.1, 0.15) is 43.5 Å². The number of nitrogens with zero attached hydrogens (tertiary/aromatic N) is 4. The van der Waals surface area contributed by atoms with Crippen LogP contribution in [0.15, 0.2) is 24.4 Å². The number of rotatable bonds is 9. The Morgan fingerprint density at radius 1 is 1.21 bits per heavy atom. The Balaban J connectivity index is 1.43. The van der Waals surface area contributed by atoms with Crippen molar-refractivity contribution >= 4 is 38.1 Å². The van der Waals surface area contributed by atoms with Crippen molar-refractivity contribution in [3.63, 3.8) is 0 Å². The number of carbonyl (C=O) groups is 1. The van der Waals surface area contributed by atoms with Crippen LogP contribution in [-0.2, 0) is 0 Å². The molecule has 0 amide bonds. The molecule has 6 nitrogen and oxygen atoms in total. The number of hydrogen-bond donors (Lipinski definition) is 1. The maximum Gasteiger partial charge on any atom is 0.196 e. The second-order valence-corrected chi connectivity index (χ2v) is 8.69.